The zero-order valence-corrected chi connectivity index (χ0v) is 8.04. The molecule has 0 atom stereocenters. The second kappa shape index (κ2) is 4.96. The zero-order valence-electron chi connectivity index (χ0n) is 8.04. The van der Waals surface area contributed by atoms with Crippen molar-refractivity contribution in [2.24, 2.45) is 10.5 Å². The van der Waals surface area contributed by atoms with Gasteiger partial charge in [0.15, 0.2) is 0 Å². The lowest BCUT2D eigenvalue weighted by molar-refractivity contribution is 0.0446. The highest BCUT2D eigenvalue weighted by atomic mass is 16.7. The molecule has 5 nitrogen and oxygen atoms in total. The summed E-state index contributed by atoms with van der Waals surface area (Å²) < 4.78 is 0. The van der Waals surface area contributed by atoms with Crippen molar-refractivity contribution < 1.29 is 9.63 Å². The number of rotatable bonds is 3. The highest BCUT2D eigenvalue weighted by molar-refractivity contribution is 5.89. The summed E-state index contributed by atoms with van der Waals surface area (Å²) >= 11 is 0. The predicted molar refractivity (Wildman–Crippen MR) is 50.4 cm³/mol. The monoisotopic (exact) mass is 193 g/mol. The Kier molecular flexibility index (Phi) is 3.60. The second-order valence-corrected chi connectivity index (χ2v) is 2.76. The van der Waals surface area contributed by atoms with Crippen molar-refractivity contribution in [3.05, 3.63) is 35.9 Å². The van der Waals surface area contributed by atoms with Gasteiger partial charge in [0.2, 0.25) is 0 Å². The van der Waals surface area contributed by atoms with Gasteiger partial charge in [-0.15, -0.1) is 0 Å². The Bertz CT molecular complexity index is 322. The van der Waals surface area contributed by atoms with Crippen LogP contribution in [0.25, 0.3) is 0 Å². The van der Waals surface area contributed by atoms with E-state index >= 15 is 0 Å². The van der Waals surface area contributed by atoms with Crippen molar-refractivity contribution in [2.45, 2.75) is 0 Å². The lowest BCUT2D eigenvalue weighted by Crippen LogP contribution is -2.03. The Morgan fingerprint density at radius 3 is 2.50 bits per heavy atom. The molecule has 0 fully saturated rings. The SMILES string of the molecule is CN(C)/N=N/OC(=O)c1ccccc1. The average molecular weight is 193 g/mol. The molecule has 0 aliphatic heterocycles. The van der Waals surface area contributed by atoms with Crippen LogP contribution in [0.2, 0.25) is 0 Å². The molecule has 0 radical (unpaired) electrons. The fourth-order valence-corrected chi connectivity index (χ4v) is 0.755. The third-order valence-corrected chi connectivity index (χ3v) is 1.35. The molecule has 74 valence electrons. The molecule has 0 N–H and O–H groups in total. The number of carbonyl (C=O) groups is 1. The molecule has 0 aromatic heterocycles. The third kappa shape index (κ3) is 3.22. The first-order valence-corrected chi connectivity index (χ1v) is 4.05. The number of nitrogens with zero attached hydrogens (tertiary/aromatic N) is 3. The maximum absolute atomic E-state index is 11.2. The molecule has 0 aliphatic rings. The molecule has 0 amide bonds. The van der Waals surface area contributed by atoms with Gasteiger partial charge in [0.25, 0.3) is 0 Å². The summed E-state index contributed by atoms with van der Waals surface area (Å²) in [6.45, 7) is 0. The molecular weight excluding hydrogens is 182 g/mol. The van der Waals surface area contributed by atoms with Gasteiger partial charge in [0.05, 0.1) is 10.8 Å². The van der Waals surface area contributed by atoms with E-state index in [0.717, 1.165) is 0 Å². The lowest BCUT2D eigenvalue weighted by atomic mass is 10.2. The van der Waals surface area contributed by atoms with Gasteiger partial charge >= 0.3 is 5.97 Å². The van der Waals surface area contributed by atoms with Crippen LogP contribution in [-0.4, -0.2) is 25.1 Å². The first kappa shape index (κ1) is 10.2. The van der Waals surface area contributed by atoms with E-state index < -0.39 is 5.97 Å². The molecule has 0 bridgehead atoms. The van der Waals surface area contributed by atoms with E-state index in [0.29, 0.717) is 5.56 Å². The highest BCUT2D eigenvalue weighted by Gasteiger charge is 2.04. The molecule has 1 rings (SSSR count). The summed E-state index contributed by atoms with van der Waals surface area (Å²) in [6, 6.07) is 8.61. The zero-order chi connectivity index (χ0) is 10.4. The van der Waals surface area contributed by atoms with Crippen LogP contribution in [0.15, 0.2) is 40.8 Å². The quantitative estimate of drug-likeness (QED) is 0.542. The van der Waals surface area contributed by atoms with Crippen LogP contribution in [0.3, 0.4) is 0 Å². The van der Waals surface area contributed by atoms with Crippen LogP contribution in [0, 0.1) is 0 Å². The fraction of sp³-hybridized carbons (Fsp3) is 0.222. The molecule has 0 saturated heterocycles. The smallest absolute Gasteiger partial charge is 0.293 e. The molecule has 0 aliphatic carbocycles. The molecule has 0 heterocycles. The number of hydrogen-bond donors (Lipinski definition) is 0. The molecule has 5 heteroatoms. The van der Waals surface area contributed by atoms with Gasteiger partial charge in [0, 0.05) is 14.1 Å². The topological polar surface area (TPSA) is 54.3 Å². The summed E-state index contributed by atoms with van der Waals surface area (Å²) in [6.07, 6.45) is 0. The summed E-state index contributed by atoms with van der Waals surface area (Å²) in [5.74, 6) is -0.517. The maximum atomic E-state index is 11.2. The Hall–Kier alpha value is -1.91. The van der Waals surface area contributed by atoms with E-state index in [1.165, 1.54) is 5.01 Å². The molecule has 0 unspecified atom stereocenters. The van der Waals surface area contributed by atoms with Crippen molar-refractivity contribution >= 4 is 5.97 Å². The maximum Gasteiger partial charge on any atom is 0.367 e. The van der Waals surface area contributed by atoms with Crippen molar-refractivity contribution in [2.75, 3.05) is 14.1 Å². The van der Waals surface area contributed by atoms with Crippen molar-refractivity contribution in [3.8, 4) is 0 Å². The lowest BCUT2D eigenvalue weighted by Gasteiger charge is -1.99. The molecular formula is C9H11N3O2. The summed E-state index contributed by atoms with van der Waals surface area (Å²) in [4.78, 5) is 15.7. The Morgan fingerprint density at radius 2 is 1.93 bits per heavy atom. The van der Waals surface area contributed by atoms with Crippen LogP contribution >= 0.6 is 0 Å². The van der Waals surface area contributed by atoms with E-state index in [1.54, 1.807) is 38.4 Å². The first-order chi connectivity index (χ1) is 6.70. The van der Waals surface area contributed by atoms with E-state index in [9.17, 15) is 4.79 Å². The largest absolute Gasteiger partial charge is 0.367 e. The number of hydrogen-bond acceptors (Lipinski definition) is 4. The van der Waals surface area contributed by atoms with Gasteiger partial charge in [0.1, 0.15) is 0 Å². The number of carbonyl (C=O) groups excluding carboxylic acids is 1. The van der Waals surface area contributed by atoms with E-state index in [1.807, 2.05) is 6.07 Å². The summed E-state index contributed by atoms with van der Waals surface area (Å²) in [5, 5.41) is 8.18. The van der Waals surface area contributed by atoms with Crippen LogP contribution in [-0.2, 0) is 4.84 Å². The minimum atomic E-state index is -0.517. The fourth-order valence-electron chi connectivity index (χ4n) is 0.755. The average Bonchev–Trinajstić information content (AvgIpc) is 2.18. The van der Waals surface area contributed by atoms with Gasteiger partial charge in [-0.2, -0.15) is 0 Å². The summed E-state index contributed by atoms with van der Waals surface area (Å²) in [7, 11) is 3.36. The Morgan fingerprint density at radius 1 is 1.29 bits per heavy atom. The van der Waals surface area contributed by atoms with E-state index in [2.05, 4.69) is 15.3 Å². The van der Waals surface area contributed by atoms with Crippen LogP contribution in [0.5, 0.6) is 0 Å². The molecule has 1 aromatic carbocycles. The second-order valence-electron chi connectivity index (χ2n) is 2.76. The van der Waals surface area contributed by atoms with Gasteiger partial charge in [-0.3, -0.25) is 9.85 Å². The van der Waals surface area contributed by atoms with Gasteiger partial charge in [-0.1, -0.05) is 18.2 Å². The first-order valence-electron chi connectivity index (χ1n) is 4.05. The van der Waals surface area contributed by atoms with Crippen LogP contribution < -0.4 is 0 Å². The van der Waals surface area contributed by atoms with Gasteiger partial charge in [-0.05, 0) is 17.4 Å². The Labute approximate surface area is 81.9 Å². The normalized spacial score (nSPS) is 10.1. The minimum Gasteiger partial charge on any atom is -0.293 e. The minimum absolute atomic E-state index is 0.449. The molecule has 0 spiro atoms. The van der Waals surface area contributed by atoms with E-state index in [4.69, 9.17) is 0 Å². The Balaban J connectivity index is 2.52. The van der Waals surface area contributed by atoms with Gasteiger partial charge < -0.3 is 0 Å². The van der Waals surface area contributed by atoms with Crippen LogP contribution in [0.4, 0.5) is 0 Å². The van der Waals surface area contributed by atoms with Crippen molar-refractivity contribution in [3.63, 3.8) is 0 Å². The van der Waals surface area contributed by atoms with E-state index in [-0.39, 0.29) is 0 Å². The third-order valence-electron chi connectivity index (χ3n) is 1.35. The number of benzene rings is 1. The van der Waals surface area contributed by atoms with Crippen molar-refractivity contribution in [1.29, 1.82) is 0 Å². The van der Waals surface area contributed by atoms with Crippen molar-refractivity contribution in [1.82, 2.24) is 5.01 Å². The highest BCUT2D eigenvalue weighted by Crippen LogP contribution is 2.01. The summed E-state index contributed by atoms with van der Waals surface area (Å²) in [5.41, 5.74) is 0.449. The molecule has 0 saturated carbocycles. The van der Waals surface area contributed by atoms with Gasteiger partial charge in [-0.25, -0.2) is 4.79 Å². The molecule has 1 aromatic rings. The molecule has 14 heavy (non-hydrogen) atoms. The standard InChI is InChI=1S/C9H11N3O2/c1-12(2)10-11-14-9(13)8-6-4-3-5-7-8/h3-7H,1-2H3/b11-10+. The van der Waals surface area contributed by atoms with Crippen LogP contribution in [0.1, 0.15) is 10.4 Å². The predicted octanol–water partition coefficient (Wildman–Crippen LogP) is 1.69.